The minimum Gasteiger partial charge on any atom is -0.268 e. The minimum absolute atomic E-state index is 0.129. The van der Waals surface area contributed by atoms with Crippen LogP contribution in [0.2, 0.25) is 0 Å². The van der Waals surface area contributed by atoms with E-state index in [9.17, 15) is 0 Å². The number of rotatable bonds is 1. The van der Waals surface area contributed by atoms with Gasteiger partial charge in [0, 0.05) is 17.7 Å². The van der Waals surface area contributed by atoms with Crippen molar-refractivity contribution in [2.75, 3.05) is 0 Å². The van der Waals surface area contributed by atoms with Gasteiger partial charge in [0.1, 0.15) is 0 Å². The van der Waals surface area contributed by atoms with Gasteiger partial charge in [0.05, 0.1) is 6.20 Å². The third-order valence-corrected chi connectivity index (χ3v) is 2.98. The van der Waals surface area contributed by atoms with Crippen LogP contribution in [-0.4, -0.2) is 9.78 Å². The lowest BCUT2D eigenvalue weighted by molar-refractivity contribution is 0.308. The lowest BCUT2D eigenvalue weighted by Crippen LogP contribution is -2.27. The van der Waals surface area contributed by atoms with E-state index in [2.05, 4.69) is 78.3 Å². The predicted octanol–water partition coefficient (Wildman–Crippen LogP) is 4.52. The molecule has 0 amide bonds. The fraction of sp³-hybridized carbons (Fsp3) is 0.812. The van der Waals surface area contributed by atoms with Crippen molar-refractivity contribution in [3.63, 3.8) is 0 Å². The van der Waals surface area contributed by atoms with Gasteiger partial charge < -0.3 is 0 Å². The summed E-state index contributed by atoms with van der Waals surface area (Å²) in [4.78, 5) is 0. The molecule has 0 aliphatic rings. The van der Waals surface area contributed by atoms with Crippen LogP contribution in [0.4, 0.5) is 0 Å². The first-order valence-corrected chi connectivity index (χ1v) is 6.89. The van der Waals surface area contributed by atoms with Gasteiger partial charge in [0.2, 0.25) is 0 Å². The zero-order valence-corrected chi connectivity index (χ0v) is 13.7. The van der Waals surface area contributed by atoms with Gasteiger partial charge in [0.25, 0.3) is 0 Å². The summed E-state index contributed by atoms with van der Waals surface area (Å²) in [6.45, 7) is 21.4. The average molecular weight is 250 g/mol. The second-order valence-corrected chi connectivity index (χ2v) is 8.63. The summed E-state index contributed by atoms with van der Waals surface area (Å²) < 4.78 is 2.21. The van der Waals surface area contributed by atoms with Gasteiger partial charge in [-0.3, -0.25) is 4.68 Å². The van der Waals surface area contributed by atoms with Crippen LogP contribution in [0, 0.1) is 5.41 Å². The van der Waals surface area contributed by atoms with E-state index in [4.69, 9.17) is 0 Å². The molecule has 0 unspecified atom stereocenters. The highest BCUT2D eigenvalue weighted by Gasteiger charge is 2.30. The fourth-order valence-electron chi connectivity index (χ4n) is 2.29. The summed E-state index contributed by atoms with van der Waals surface area (Å²) in [6, 6.07) is 0. The van der Waals surface area contributed by atoms with Crippen molar-refractivity contribution in [3.05, 3.63) is 17.5 Å². The highest BCUT2D eigenvalue weighted by atomic mass is 15.3. The molecule has 1 rings (SSSR count). The highest BCUT2D eigenvalue weighted by Crippen LogP contribution is 2.34. The second-order valence-electron chi connectivity index (χ2n) is 8.63. The first-order chi connectivity index (χ1) is 7.82. The van der Waals surface area contributed by atoms with E-state index in [1.807, 2.05) is 0 Å². The molecule has 0 bridgehead atoms. The van der Waals surface area contributed by atoms with E-state index in [0.29, 0.717) is 0 Å². The van der Waals surface area contributed by atoms with Gasteiger partial charge in [-0.05, 0) is 16.4 Å². The summed E-state index contributed by atoms with van der Waals surface area (Å²) in [5.41, 5.74) is 3.29. The van der Waals surface area contributed by atoms with Crippen LogP contribution in [0.25, 0.3) is 0 Å². The Morgan fingerprint density at radius 3 is 1.72 bits per heavy atom. The fourth-order valence-corrected chi connectivity index (χ4v) is 2.29. The van der Waals surface area contributed by atoms with Crippen LogP contribution in [0.5, 0.6) is 0 Å². The van der Waals surface area contributed by atoms with E-state index in [-0.39, 0.29) is 16.2 Å². The molecule has 0 aromatic carbocycles. The lowest BCUT2D eigenvalue weighted by Gasteiger charge is -2.29. The molecule has 0 N–H and O–H groups in total. The second kappa shape index (κ2) is 4.40. The standard InChI is InChI=1S/C16H30N2/c1-14(2,3)11-18-13(16(7,8)9)12(10-17-18)15(4,5)6/h10H,11H2,1-9H3. The van der Waals surface area contributed by atoms with Crippen molar-refractivity contribution in [2.45, 2.75) is 79.7 Å². The van der Waals surface area contributed by atoms with E-state index in [1.165, 1.54) is 11.3 Å². The van der Waals surface area contributed by atoms with Crippen molar-refractivity contribution in [1.82, 2.24) is 9.78 Å². The lowest BCUT2D eigenvalue weighted by atomic mass is 9.79. The van der Waals surface area contributed by atoms with Gasteiger partial charge in [0.15, 0.2) is 0 Å². The molecule has 0 saturated carbocycles. The van der Waals surface area contributed by atoms with E-state index < -0.39 is 0 Å². The predicted molar refractivity (Wildman–Crippen MR) is 79.1 cm³/mol. The molecule has 104 valence electrons. The largest absolute Gasteiger partial charge is 0.268 e. The van der Waals surface area contributed by atoms with Gasteiger partial charge in [-0.15, -0.1) is 0 Å². The molecule has 1 heterocycles. The molecule has 0 aliphatic heterocycles. The maximum absolute atomic E-state index is 4.65. The van der Waals surface area contributed by atoms with Gasteiger partial charge in [-0.2, -0.15) is 5.10 Å². The summed E-state index contributed by atoms with van der Waals surface area (Å²) >= 11 is 0. The van der Waals surface area contributed by atoms with Crippen molar-refractivity contribution >= 4 is 0 Å². The Morgan fingerprint density at radius 1 is 0.889 bits per heavy atom. The Kier molecular flexibility index (Phi) is 3.73. The summed E-state index contributed by atoms with van der Waals surface area (Å²) in [7, 11) is 0. The maximum Gasteiger partial charge on any atom is 0.0530 e. The number of nitrogens with zero attached hydrogens (tertiary/aromatic N) is 2. The van der Waals surface area contributed by atoms with Crippen molar-refractivity contribution in [2.24, 2.45) is 5.41 Å². The molecule has 0 spiro atoms. The molecular weight excluding hydrogens is 220 g/mol. The molecule has 2 heteroatoms. The first-order valence-electron chi connectivity index (χ1n) is 6.89. The molecule has 0 aliphatic carbocycles. The van der Waals surface area contributed by atoms with Crippen LogP contribution < -0.4 is 0 Å². The summed E-state index contributed by atoms with van der Waals surface area (Å²) in [6.07, 6.45) is 2.06. The Morgan fingerprint density at radius 2 is 1.39 bits per heavy atom. The monoisotopic (exact) mass is 250 g/mol. The molecule has 18 heavy (non-hydrogen) atoms. The minimum atomic E-state index is 0.129. The van der Waals surface area contributed by atoms with E-state index in [0.717, 1.165) is 6.54 Å². The number of aromatic nitrogens is 2. The molecule has 0 saturated heterocycles. The Bertz CT molecular complexity index is 406. The molecule has 0 atom stereocenters. The summed E-state index contributed by atoms with van der Waals surface area (Å²) in [5.74, 6) is 0. The molecule has 0 fully saturated rings. The zero-order valence-electron chi connectivity index (χ0n) is 13.7. The molecule has 2 nitrogen and oxygen atoms in total. The van der Waals surface area contributed by atoms with E-state index >= 15 is 0 Å². The van der Waals surface area contributed by atoms with Crippen molar-refractivity contribution in [1.29, 1.82) is 0 Å². The van der Waals surface area contributed by atoms with Crippen molar-refractivity contribution in [3.8, 4) is 0 Å². The molecular formula is C16H30N2. The topological polar surface area (TPSA) is 17.8 Å². The SMILES string of the molecule is CC(C)(C)Cn1ncc(C(C)(C)C)c1C(C)(C)C. The van der Waals surface area contributed by atoms with Crippen LogP contribution in [0.1, 0.15) is 73.6 Å². The Balaban J connectivity index is 3.34. The smallest absolute Gasteiger partial charge is 0.0530 e. The highest BCUT2D eigenvalue weighted by molar-refractivity contribution is 5.31. The Hall–Kier alpha value is -0.790. The molecule has 0 radical (unpaired) electrons. The third kappa shape index (κ3) is 3.60. The van der Waals surface area contributed by atoms with Crippen LogP contribution in [0.3, 0.4) is 0 Å². The number of hydrogen-bond acceptors (Lipinski definition) is 1. The van der Waals surface area contributed by atoms with Gasteiger partial charge in [-0.1, -0.05) is 62.3 Å². The van der Waals surface area contributed by atoms with Crippen molar-refractivity contribution < 1.29 is 0 Å². The first kappa shape index (κ1) is 15.3. The van der Waals surface area contributed by atoms with Crippen LogP contribution in [-0.2, 0) is 17.4 Å². The number of hydrogen-bond donors (Lipinski definition) is 0. The summed E-state index contributed by atoms with van der Waals surface area (Å²) in [5, 5.41) is 4.65. The van der Waals surface area contributed by atoms with Gasteiger partial charge >= 0.3 is 0 Å². The normalized spacial score (nSPS) is 14.1. The van der Waals surface area contributed by atoms with Crippen LogP contribution in [0.15, 0.2) is 6.20 Å². The third-order valence-electron chi connectivity index (χ3n) is 2.98. The Labute approximate surface area is 113 Å². The zero-order chi connectivity index (χ0) is 14.4. The maximum atomic E-state index is 4.65. The average Bonchev–Trinajstić information content (AvgIpc) is 2.41. The molecule has 1 aromatic rings. The quantitative estimate of drug-likeness (QED) is 0.716. The van der Waals surface area contributed by atoms with E-state index in [1.54, 1.807) is 0 Å². The van der Waals surface area contributed by atoms with Gasteiger partial charge in [-0.25, -0.2) is 0 Å². The van der Waals surface area contributed by atoms with Crippen LogP contribution >= 0.6 is 0 Å². The molecule has 1 aromatic heterocycles.